The molecule has 1 N–H and O–H groups in total. The molecule has 1 aromatic rings. The normalized spacial score (nSPS) is 22.7. The van der Waals surface area contributed by atoms with Crippen molar-refractivity contribution in [2.75, 3.05) is 13.2 Å². The molecule has 0 bridgehead atoms. The third kappa shape index (κ3) is 3.64. The van der Waals surface area contributed by atoms with Crippen molar-refractivity contribution in [1.82, 2.24) is 15.3 Å². The SMILES string of the molecule is Cc1nc(OCC2CCCO2)ncc1CNC1CC1. The van der Waals surface area contributed by atoms with Gasteiger partial charge in [-0.2, -0.15) is 0 Å². The lowest BCUT2D eigenvalue weighted by Gasteiger charge is -2.11. The van der Waals surface area contributed by atoms with E-state index in [9.17, 15) is 0 Å². The second-order valence-corrected chi connectivity index (χ2v) is 5.36. The summed E-state index contributed by atoms with van der Waals surface area (Å²) >= 11 is 0. The Hall–Kier alpha value is -1.20. The molecule has 0 spiro atoms. The Morgan fingerprint density at radius 3 is 3.00 bits per heavy atom. The number of aryl methyl sites for hydroxylation is 1. The van der Waals surface area contributed by atoms with Crippen LogP contribution in [0.1, 0.15) is 36.9 Å². The topological polar surface area (TPSA) is 56.3 Å². The number of hydrogen-bond acceptors (Lipinski definition) is 5. The first-order valence-corrected chi connectivity index (χ1v) is 7.11. The quantitative estimate of drug-likeness (QED) is 0.844. The third-order valence-electron chi connectivity index (χ3n) is 3.64. The molecule has 5 heteroatoms. The molecule has 0 radical (unpaired) electrons. The van der Waals surface area contributed by atoms with Crippen LogP contribution in [0.25, 0.3) is 0 Å². The number of nitrogens with zero attached hydrogens (tertiary/aromatic N) is 2. The van der Waals surface area contributed by atoms with E-state index in [-0.39, 0.29) is 6.10 Å². The van der Waals surface area contributed by atoms with Gasteiger partial charge in [0.1, 0.15) is 6.61 Å². The zero-order chi connectivity index (χ0) is 13.1. The summed E-state index contributed by atoms with van der Waals surface area (Å²) in [6.07, 6.45) is 6.86. The summed E-state index contributed by atoms with van der Waals surface area (Å²) in [6.45, 7) is 4.26. The van der Waals surface area contributed by atoms with Crippen LogP contribution in [0.4, 0.5) is 0 Å². The maximum absolute atomic E-state index is 5.60. The standard InChI is InChI=1S/C14H21N3O2/c1-10-11(7-15-12-4-5-12)8-16-14(17-10)19-9-13-3-2-6-18-13/h8,12-13,15H,2-7,9H2,1H3. The Morgan fingerprint density at radius 1 is 1.42 bits per heavy atom. The first-order chi connectivity index (χ1) is 9.31. The van der Waals surface area contributed by atoms with E-state index in [1.807, 2.05) is 13.1 Å². The Kier molecular flexibility index (Phi) is 3.94. The average molecular weight is 263 g/mol. The first-order valence-electron chi connectivity index (χ1n) is 7.11. The number of aromatic nitrogens is 2. The summed E-state index contributed by atoms with van der Waals surface area (Å²) in [7, 11) is 0. The van der Waals surface area contributed by atoms with E-state index in [1.165, 1.54) is 12.8 Å². The van der Waals surface area contributed by atoms with Crippen molar-refractivity contribution in [3.8, 4) is 6.01 Å². The summed E-state index contributed by atoms with van der Waals surface area (Å²) in [5, 5.41) is 3.47. The van der Waals surface area contributed by atoms with Crippen LogP contribution in [0.5, 0.6) is 6.01 Å². The molecule has 19 heavy (non-hydrogen) atoms. The van der Waals surface area contributed by atoms with Crippen molar-refractivity contribution in [1.29, 1.82) is 0 Å². The lowest BCUT2D eigenvalue weighted by atomic mass is 10.2. The van der Waals surface area contributed by atoms with Crippen molar-refractivity contribution >= 4 is 0 Å². The van der Waals surface area contributed by atoms with Gasteiger partial charge < -0.3 is 14.8 Å². The highest BCUT2D eigenvalue weighted by molar-refractivity contribution is 5.18. The highest BCUT2D eigenvalue weighted by atomic mass is 16.5. The van der Waals surface area contributed by atoms with Gasteiger partial charge in [-0.3, -0.25) is 0 Å². The molecule has 1 aromatic heterocycles. The second-order valence-electron chi connectivity index (χ2n) is 5.36. The van der Waals surface area contributed by atoms with Crippen LogP contribution in [0.2, 0.25) is 0 Å². The van der Waals surface area contributed by atoms with Gasteiger partial charge >= 0.3 is 6.01 Å². The van der Waals surface area contributed by atoms with E-state index in [2.05, 4.69) is 15.3 Å². The lowest BCUT2D eigenvalue weighted by molar-refractivity contribution is 0.0644. The number of hydrogen-bond donors (Lipinski definition) is 1. The maximum atomic E-state index is 5.60. The van der Waals surface area contributed by atoms with Crippen molar-refractivity contribution in [3.63, 3.8) is 0 Å². The number of ether oxygens (including phenoxy) is 2. The largest absolute Gasteiger partial charge is 0.461 e. The third-order valence-corrected chi connectivity index (χ3v) is 3.64. The van der Waals surface area contributed by atoms with Crippen LogP contribution in [-0.2, 0) is 11.3 Å². The highest BCUT2D eigenvalue weighted by Gasteiger charge is 2.20. The van der Waals surface area contributed by atoms with Gasteiger partial charge in [0.2, 0.25) is 0 Å². The Labute approximate surface area is 113 Å². The van der Waals surface area contributed by atoms with E-state index in [1.54, 1.807) is 0 Å². The molecule has 2 fully saturated rings. The lowest BCUT2D eigenvalue weighted by Crippen LogP contribution is -2.19. The summed E-state index contributed by atoms with van der Waals surface area (Å²) in [6, 6.07) is 1.16. The van der Waals surface area contributed by atoms with E-state index in [0.29, 0.717) is 18.7 Å². The van der Waals surface area contributed by atoms with E-state index >= 15 is 0 Å². The van der Waals surface area contributed by atoms with Gasteiger partial charge in [-0.15, -0.1) is 0 Å². The monoisotopic (exact) mass is 263 g/mol. The zero-order valence-electron chi connectivity index (χ0n) is 11.4. The Bertz CT molecular complexity index is 429. The van der Waals surface area contributed by atoms with Crippen molar-refractivity contribution in [2.45, 2.75) is 51.3 Å². The van der Waals surface area contributed by atoms with Gasteiger partial charge in [0.25, 0.3) is 0 Å². The van der Waals surface area contributed by atoms with Crippen molar-refractivity contribution in [3.05, 3.63) is 17.5 Å². The second kappa shape index (κ2) is 5.84. The predicted octanol–water partition coefficient (Wildman–Crippen LogP) is 1.59. The number of nitrogens with one attached hydrogen (secondary N) is 1. The number of rotatable bonds is 6. The average Bonchev–Trinajstić information content (AvgIpc) is 3.09. The van der Waals surface area contributed by atoms with Gasteiger partial charge in [-0.05, 0) is 32.6 Å². The Morgan fingerprint density at radius 2 is 2.32 bits per heavy atom. The van der Waals surface area contributed by atoms with Gasteiger partial charge in [0.15, 0.2) is 0 Å². The summed E-state index contributed by atoms with van der Waals surface area (Å²) in [4.78, 5) is 8.67. The van der Waals surface area contributed by atoms with Crippen molar-refractivity contribution < 1.29 is 9.47 Å². The van der Waals surface area contributed by atoms with Gasteiger partial charge in [-0.1, -0.05) is 0 Å². The fourth-order valence-electron chi connectivity index (χ4n) is 2.20. The molecule has 2 aliphatic rings. The van der Waals surface area contributed by atoms with E-state index in [4.69, 9.17) is 9.47 Å². The molecule has 3 rings (SSSR count). The molecule has 0 amide bonds. The summed E-state index contributed by atoms with van der Waals surface area (Å²) < 4.78 is 11.1. The highest BCUT2D eigenvalue weighted by Crippen LogP contribution is 2.20. The van der Waals surface area contributed by atoms with Crippen molar-refractivity contribution in [2.24, 2.45) is 0 Å². The molecule has 5 nitrogen and oxygen atoms in total. The van der Waals surface area contributed by atoms with Gasteiger partial charge in [0.05, 0.1) is 6.10 Å². The molecule has 0 aromatic carbocycles. The molecule has 1 unspecified atom stereocenters. The predicted molar refractivity (Wildman–Crippen MR) is 71.1 cm³/mol. The fourth-order valence-corrected chi connectivity index (χ4v) is 2.20. The molecule has 1 aliphatic heterocycles. The molecule has 104 valence electrons. The van der Waals surface area contributed by atoms with Crippen LogP contribution in [0.3, 0.4) is 0 Å². The Balaban J connectivity index is 1.51. The molecule has 1 saturated heterocycles. The van der Waals surface area contributed by atoms with Crippen LogP contribution >= 0.6 is 0 Å². The van der Waals surface area contributed by atoms with Crippen LogP contribution < -0.4 is 10.1 Å². The van der Waals surface area contributed by atoms with Crippen LogP contribution in [0.15, 0.2) is 6.20 Å². The van der Waals surface area contributed by atoms with E-state index in [0.717, 1.165) is 37.3 Å². The molecular formula is C14H21N3O2. The van der Waals surface area contributed by atoms with Gasteiger partial charge in [-0.25, -0.2) is 9.97 Å². The summed E-state index contributed by atoms with van der Waals surface area (Å²) in [5.41, 5.74) is 2.14. The minimum absolute atomic E-state index is 0.208. The first kappa shape index (κ1) is 12.8. The summed E-state index contributed by atoms with van der Waals surface area (Å²) in [5.74, 6) is 0. The molecule has 1 atom stereocenters. The molecule has 1 aliphatic carbocycles. The smallest absolute Gasteiger partial charge is 0.316 e. The zero-order valence-corrected chi connectivity index (χ0v) is 11.4. The van der Waals surface area contributed by atoms with Crippen LogP contribution in [-0.4, -0.2) is 35.3 Å². The molecule has 2 heterocycles. The van der Waals surface area contributed by atoms with E-state index < -0.39 is 0 Å². The maximum Gasteiger partial charge on any atom is 0.316 e. The molecule has 1 saturated carbocycles. The van der Waals surface area contributed by atoms with Gasteiger partial charge in [0, 0.05) is 36.6 Å². The minimum Gasteiger partial charge on any atom is -0.461 e. The minimum atomic E-state index is 0.208. The fraction of sp³-hybridized carbons (Fsp3) is 0.714. The van der Waals surface area contributed by atoms with Crippen LogP contribution in [0, 0.1) is 6.92 Å². The molecular weight excluding hydrogens is 242 g/mol.